The number of nitrogens with one attached hydrogen (secondary N) is 1. The van der Waals surface area contributed by atoms with Crippen LogP contribution in [0.2, 0.25) is 0 Å². The summed E-state index contributed by atoms with van der Waals surface area (Å²) < 4.78 is 17.1. The zero-order chi connectivity index (χ0) is 25.7. The maximum absolute atomic E-state index is 14.8. The minimum Gasteiger partial charge on any atom is -0.465 e. The molecule has 5 heterocycles. The van der Waals surface area contributed by atoms with Crippen LogP contribution in [0.1, 0.15) is 26.1 Å². The van der Waals surface area contributed by atoms with Crippen molar-refractivity contribution < 1.29 is 14.3 Å². The van der Waals surface area contributed by atoms with Gasteiger partial charge in [-0.2, -0.15) is 0 Å². The number of benzene rings is 1. The summed E-state index contributed by atoms with van der Waals surface area (Å²) in [5.41, 5.74) is 3.60. The number of piperazine rings is 1. The highest BCUT2D eigenvalue weighted by molar-refractivity contribution is 5.83. The Morgan fingerprint density at radius 2 is 1.86 bits per heavy atom. The predicted octanol–water partition coefficient (Wildman–Crippen LogP) is 4.25. The van der Waals surface area contributed by atoms with Gasteiger partial charge in [-0.1, -0.05) is 6.07 Å². The molecule has 0 unspecified atom stereocenters. The summed E-state index contributed by atoms with van der Waals surface area (Å²) in [6.45, 7) is 6.50. The molecular weight excluding hydrogens is 475 g/mol. The Balaban J connectivity index is 1.22. The van der Waals surface area contributed by atoms with Crippen molar-refractivity contribution >= 4 is 34.6 Å². The van der Waals surface area contributed by atoms with Gasteiger partial charge in [0.25, 0.3) is 0 Å². The number of aromatic nitrogens is 5. The first-order valence-electron chi connectivity index (χ1n) is 12.3. The Labute approximate surface area is 212 Å². The number of pyridine rings is 1. The lowest BCUT2D eigenvalue weighted by Gasteiger charge is -2.34. The van der Waals surface area contributed by atoms with Crippen molar-refractivity contribution in [2.24, 2.45) is 0 Å². The molecule has 1 amide bonds. The lowest BCUT2D eigenvalue weighted by Crippen LogP contribution is -2.48. The summed E-state index contributed by atoms with van der Waals surface area (Å²) in [6.07, 6.45) is 3.94. The summed E-state index contributed by atoms with van der Waals surface area (Å²) in [5.74, 6) is 1.32. The van der Waals surface area contributed by atoms with Gasteiger partial charge >= 0.3 is 6.09 Å². The molecule has 0 aliphatic carbocycles. The largest absolute Gasteiger partial charge is 0.465 e. The number of carboxylic acid groups (broad SMARTS) is 1. The van der Waals surface area contributed by atoms with Crippen LogP contribution in [0.4, 0.5) is 26.6 Å². The minimum atomic E-state index is -0.895. The molecule has 1 aromatic carbocycles. The number of rotatable bonds is 4. The van der Waals surface area contributed by atoms with Gasteiger partial charge in [0.05, 0.1) is 29.1 Å². The molecule has 0 radical (unpaired) electrons. The third-order valence-corrected chi connectivity index (χ3v) is 7.21. The Bertz CT molecular complexity index is 1490. The van der Waals surface area contributed by atoms with Crippen molar-refractivity contribution in [1.82, 2.24) is 29.4 Å². The average molecular weight is 503 g/mol. The highest BCUT2D eigenvalue weighted by atomic mass is 19.1. The van der Waals surface area contributed by atoms with Gasteiger partial charge in [0.2, 0.25) is 5.95 Å². The van der Waals surface area contributed by atoms with Gasteiger partial charge in [-0.05, 0) is 44.5 Å². The van der Waals surface area contributed by atoms with Gasteiger partial charge in [0.15, 0.2) is 5.82 Å². The molecule has 2 aliphatic heterocycles. The van der Waals surface area contributed by atoms with Crippen LogP contribution in [0.15, 0.2) is 42.7 Å². The molecule has 1 fully saturated rings. The number of nitrogens with zero attached hydrogens (tertiary/aromatic N) is 7. The van der Waals surface area contributed by atoms with Crippen LogP contribution in [0.3, 0.4) is 0 Å². The molecule has 0 spiro atoms. The van der Waals surface area contributed by atoms with E-state index in [2.05, 4.69) is 43.6 Å². The number of halogens is 1. The lowest BCUT2D eigenvalue weighted by molar-refractivity contribution is 0.142. The first kappa shape index (κ1) is 23.1. The SMILES string of the molecule is CC1(C)CCc2nc3ccc(-c4nc(Nc5ccc(N6CCN(C(=O)O)CC6)cn5)ncc4F)cc3n21. The van der Waals surface area contributed by atoms with Crippen molar-refractivity contribution in [3.8, 4) is 11.3 Å². The van der Waals surface area contributed by atoms with Gasteiger partial charge in [0.1, 0.15) is 17.3 Å². The average Bonchev–Trinajstić information content (AvgIpc) is 3.42. The molecule has 6 rings (SSSR count). The summed E-state index contributed by atoms with van der Waals surface area (Å²) in [4.78, 5) is 32.4. The highest BCUT2D eigenvalue weighted by Gasteiger charge is 2.32. The van der Waals surface area contributed by atoms with Crippen LogP contribution < -0.4 is 10.2 Å². The fraction of sp³-hybridized carbons (Fsp3) is 0.346. The zero-order valence-corrected chi connectivity index (χ0v) is 20.6. The van der Waals surface area contributed by atoms with E-state index in [1.807, 2.05) is 24.3 Å². The number of amides is 1. The van der Waals surface area contributed by atoms with E-state index < -0.39 is 11.9 Å². The van der Waals surface area contributed by atoms with Crippen molar-refractivity contribution in [1.29, 1.82) is 0 Å². The van der Waals surface area contributed by atoms with Crippen molar-refractivity contribution in [2.45, 2.75) is 32.2 Å². The number of hydrogen-bond acceptors (Lipinski definition) is 7. The van der Waals surface area contributed by atoms with Gasteiger partial charge in [-0.25, -0.2) is 29.1 Å². The molecule has 190 valence electrons. The zero-order valence-electron chi connectivity index (χ0n) is 20.6. The van der Waals surface area contributed by atoms with E-state index in [0.717, 1.165) is 41.6 Å². The van der Waals surface area contributed by atoms with Crippen LogP contribution in [0.5, 0.6) is 0 Å². The van der Waals surface area contributed by atoms with Gasteiger partial charge in [-0.15, -0.1) is 0 Å². The van der Waals surface area contributed by atoms with Crippen molar-refractivity contribution in [2.75, 3.05) is 36.4 Å². The first-order chi connectivity index (χ1) is 17.8. The van der Waals surface area contributed by atoms with Crippen LogP contribution >= 0.6 is 0 Å². The second kappa shape index (κ2) is 8.68. The third-order valence-electron chi connectivity index (χ3n) is 7.21. The first-order valence-corrected chi connectivity index (χ1v) is 12.3. The number of aryl methyl sites for hydroxylation is 1. The van der Waals surface area contributed by atoms with Crippen molar-refractivity contribution in [3.05, 3.63) is 54.4 Å². The molecule has 1 saturated heterocycles. The second-order valence-electron chi connectivity index (χ2n) is 10.1. The van der Waals surface area contributed by atoms with Crippen LogP contribution in [-0.2, 0) is 12.0 Å². The maximum atomic E-state index is 14.8. The summed E-state index contributed by atoms with van der Waals surface area (Å²) in [5, 5.41) is 12.2. The molecule has 2 aliphatic rings. The summed E-state index contributed by atoms with van der Waals surface area (Å²) in [6, 6.07) is 9.41. The van der Waals surface area contributed by atoms with E-state index in [0.29, 0.717) is 37.6 Å². The number of carbonyl (C=O) groups is 1. The fourth-order valence-corrected chi connectivity index (χ4v) is 5.19. The number of imidazole rings is 1. The monoisotopic (exact) mass is 502 g/mol. The lowest BCUT2D eigenvalue weighted by atomic mass is 10.0. The molecular formula is C26H27FN8O2. The molecule has 11 heteroatoms. The quantitative estimate of drug-likeness (QED) is 0.426. The maximum Gasteiger partial charge on any atom is 0.407 e. The Hall–Kier alpha value is -4.28. The normalized spacial score (nSPS) is 16.7. The molecule has 0 saturated carbocycles. The van der Waals surface area contributed by atoms with Gasteiger partial charge in [0, 0.05) is 43.7 Å². The Morgan fingerprint density at radius 3 is 2.59 bits per heavy atom. The topological polar surface area (TPSA) is 112 Å². The fourth-order valence-electron chi connectivity index (χ4n) is 5.19. The minimum absolute atomic E-state index is 0.0404. The smallest absolute Gasteiger partial charge is 0.407 e. The molecule has 0 atom stereocenters. The van der Waals surface area contributed by atoms with Crippen LogP contribution in [-0.4, -0.2) is 66.8 Å². The van der Waals surface area contributed by atoms with Crippen LogP contribution in [0.25, 0.3) is 22.3 Å². The number of anilines is 3. The van der Waals surface area contributed by atoms with E-state index in [1.165, 1.54) is 4.90 Å². The van der Waals surface area contributed by atoms with E-state index in [4.69, 9.17) is 10.1 Å². The molecule has 0 bridgehead atoms. The molecule has 10 nitrogen and oxygen atoms in total. The molecule has 3 aromatic heterocycles. The Morgan fingerprint density at radius 1 is 1.05 bits per heavy atom. The van der Waals surface area contributed by atoms with E-state index >= 15 is 0 Å². The predicted molar refractivity (Wildman–Crippen MR) is 138 cm³/mol. The third kappa shape index (κ3) is 4.20. The van der Waals surface area contributed by atoms with E-state index in [9.17, 15) is 9.18 Å². The number of hydrogen-bond donors (Lipinski definition) is 2. The van der Waals surface area contributed by atoms with Crippen LogP contribution in [0, 0.1) is 5.82 Å². The van der Waals surface area contributed by atoms with Gasteiger partial charge < -0.3 is 24.8 Å². The Kier molecular flexibility index (Phi) is 5.43. The second-order valence-corrected chi connectivity index (χ2v) is 10.1. The molecule has 37 heavy (non-hydrogen) atoms. The van der Waals surface area contributed by atoms with Gasteiger partial charge in [-0.3, -0.25) is 0 Å². The highest BCUT2D eigenvalue weighted by Crippen LogP contribution is 2.37. The number of fused-ring (bicyclic) bond motifs is 3. The molecule has 4 aromatic rings. The summed E-state index contributed by atoms with van der Waals surface area (Å²) >= 11 is 0. The standard InChI is InChI=1S/C26H27FN8O2/c1-26(2)8-7-22-30-19-5-3-16(13-20(19)35(22)26)23-18(27)15-29-24(32-23)31-21-6-4-17(14-28-21)33-9-11-34(12-10-33)25(36)37/h3-6,13-15H,7-12H2,1-2H3,(H,36,37)(H,28,29,31,32). The molecule has 2 N–H and O–H groups in total. The van der Waals surface area contributed by atoms with E-state index in [1.54, 1.807) is 12.3 Å². The van der Waals surface area contributed by atoms with Crippen molar-refractivity contribution in [3.63, 3.8) is 0 Å². The van der Waals surface area contributed by atoms with E-state index in [-0.39, 0.29) is 17.2 Å². The summed E-state index contributed by atoms with van der Waals surface area (Å²) in [7, 11) is 0.